The molecule has 0 saturated heterocycles. The lowest BCUT2D eigenvalue weighted by atomic mass is 9.89. The summed E-state index contributed by atoms with van der Waals surface area (Å²) in [5.41, 5.74) is 5.68. The second-order valence-electron chi connectivity index (χ2n) is 3.54. The van der Waals surface area contributed by atoms with Crippen molar-refractivity contribution in [1.82, 2.24) is 0 Å². The minimum atomic E-state index is -1.04. The second kappa shape index (κ2) is 3.96. The van der Waals surface area contributed by atoms with Gasteiger partial charge in [0.05, 0.1) is 18.8 Å². The van der Waals surface area contributed by atoms with E-state index in [9.17, 15) is 5.11 Å². The van der Waals surface area contributed by atoms with Gasteiger partial charge in [-0.2, -0.15) is 0 Å². The number of nitrogens with two attached hydrogens (primary N) is 1. The van der Waals surface area contributed by atoms with E-state index in [0.717, 1.165) is 0 Å². The zero-order chi connectivity index (χ0) is 10.8. The van der Waals surface area contributed by atoms with Crippen molar-refractivity contribution in [3.8, 4) is 5.75 Å². The van der Waals surface area contributed by atoms with Crippen LogP contribution in [0.5, 0.6) is 5.75 Å². The number of hydrogen-bond donors (Lipinski definition) is 4. The first-order valence-corrected chi connectivity index (χ1v) is 4.35. The van der Waals surface area contributed by atoms with Crippen LogP contribution in [0.2, 0.25) is 0 Å². The van der Waals surface area contributed by atoms with Crippen molar-refractivity contribution >= 4 is 0 Å². The van der Waals surface area contributed by atoms with Gasteiger partial charge < -0.3 is 21.1 Å². The number of hydrogen-bond acceptors (Lipinski definition) is 4. The van der Waals surface area contributed by atoms with Gasteiger partial charge in [-0.05, 0) is 18.6 Å². The van der Waals surface area contributed by atoms with Gasteiger partial charge in [0.25, 0.3) is 0 Å². The first-order chi connectivity index (χ1) is 6.53. The van der Waals surface area contributed by atoms with Crippen molar-refractivity contribution in [2.45, 2.75) is 19.1 Å². The molecular weight excluding hydrogens is 182 g/mol. The first-order valence-electron chi connectivity index (χ1n) is 4.35. The number of aliphatic hydroxyl groups excluding tert-OH is 2. The maximum Gasteiger partial charge on any atom is 0.121 e. The average molecular weight is 197 g/mol. The molecule has 0 aromatic heterocycles. The molecule has 0 radical (unpaired) electrons. The molecule has 1 aromatic rings. The fourth-order valence-corrected chi connectivity index (χ4v) is 1.46. The molecule has 0 saturated carbocycles. The Balaban J connectivity index is 3.30. The molecule has 1 aromatic carbocycles. The van der Waals surface area contributed by atoms with Gasteiger partial charge in [0, 0.05) is 5.56 Å². The molecule has 5 N–H and O–H groups in total. The van der Waals surface area contributed by atoms with Crippen LogP contribution in [0.3, 0.4) is 0 Å². The minimum absolute atomic E-state index is 0.00407. The molecule has 1 rings (SSSR count). The normalized spacial score (nSPS) is 15.1. The number of aliphatic hydroxyl groups is 2. The predicted molar refractivity (Wildman–Crippen MR) is 52.7 cm³/mol. The molecule has 0 amide bonds. The molecule has 0 spiro atoms. The molecule has 4 heteroatoms. The summed E-state index contributed by atoms with van der Waals surface area (Å²) in [6.45, 7) is 1.09. The fraction of sp³-hybridized carbons (Fsp3) is 0.400. The van der Waals surface area contributed by atoms with E-state index in [1.165, 1.54) is 6.07 Å². The molecule has 0 fully saturated rings. The number of benzene rings is 1. The van der Waals surface area contributed by atoms with Crippen LogP contribution in [0, 0.1) is 0 Å². The van der Waals surface area contributed by atoms with Gasteiger partial charge >= 0.3 is 0 Å². The van der Waals surface area contributed by atoms with Gasteiger partial charge in [-0.3, -0.25) is 0 Å². The SMILES string of the molecule is C[C@@](N)(CO)c1c(O)cccc1CO. The third-order valence-electron chi connectivity index (χ3n) is 2.20. The van der Waals surface area contributed by atoms with Crippen molar-refractivity contribution < 1.29 is 15.3 Å². The summed E-state index contributed by atoms with van der Waals surface area (Å²) in [6, 6.07) is 4.77. The van der Waals surface area contributed by atoms with E-state index in [2.05, 4.69) is 0 Å². The minimum Gasteiger partial charge on any atom is -0.508 e. The average Bonchev–Trinajstić information content (AvgIpc) is 2.17. The van der Waals surface area contributed by atoms with Crippen molar-refractivity contribution in [1.29, 1.82) is 0 Å². The molecule has 0 unspecified atom stereocenters. The van der Waals surface area contributed by atoms with Gasteiger partial charge in [0.2, 0.25) is 0 Å². The van der Waals surface area contributed by atoms with Gasteiger partial charge in [0.15, 0.2) is 0 Å². The van der Waals surface area contributed by atoms with E-state index >= 15 is 0 Å². The molecule has 0 aliphatic carbocycles. The van der Waals surface area contributed by atoms with E-state index in [-0.39, 0.29) is 19.0 Å². The second-order valence-corrected chi connectivity index (χ2v) is 3.54. The lowest BCUT2D eigenvalue weighted by Crippen LogP contribution is -2.38. The van der Waals surface area contributed by atoms with Crippen molar-refractivity contribution in [2.75, 3.05) is 6.61 Å². The highest BCUT2D eigenvalue weighted by atomic mass is 16.3. The third kappa shape index (κ3) is 1.87. The van der Waals surface area contributed by atoms with Crippen molar-refractivity contribution in [2.24, 2.45) is 5.73 Å². The van der Waals surface area contributed by atoms with Crippen LogP contribution in [0.1, 0.15) is 18.1 Å². The van der Waals surface area contributed by atoms with Gasteiger partial charge in [-0.1, -0.05) is 12.1 Å². The lowest BCUT2D eigenvalue weighted by Gasteiger charge is -2.25. The molecule has 4 nitrogen and oxygen atoms in total. The summed E-state index contributed by atoms with van der Waals surface area (Å²) >= 11 is 0. The summed E-state index contributed by atoms with van der Waals surface area (Å²) in [5, 5.41) is 27.7. The van der Waals surface area contributed by atoms with E-state index in [1.807, 2.05) is 0 Å². The Labute approximate surface area is 82.6 Å². The maximum absolute atomic E-state index is 9.59. The largest absolute Gasteiger partial charge is 0.508 e. The number of aromatic hydroxyl groups is 1. The van der Waals surface area contributed by atoms with Crippen LogP contribution in [0.15, 0.2) is 18.2 Å². The molecule has 0 bridgehead atoms. The monoisotopic (exact) mass is 197 g/mol. The molecule has 78 valence electrons. The summed E-state index contributed by atoms with van der Waals surface area (Å²) < 4.78 is 0. The first kappa shape index (κ1) is 11.0. The van der Waals surface area contributed by atoms with Crippen LogP contribution >= 0.6 is 0 Å². The smallest absolute Gasteiger partial charge is 0.121 e. The standard InChI is InChI=1S/C10H15NO3/c1-10(11,6-13)9-7(5-12)3-2-4-8(9)14/h2-4,12-14H,5-6,11H2,1H3/t10-/m1/s1. The van der Waals surface area contributed by atoms with Crippen molar-refractivity contribution in [3.63, 3.8) is 0 Å². The molecular formula is C10H15NO3. The van der Waals surface area contributed by atoms with E-state index < -0.39 is 5.54 Å². The molecule has 14 heavy (non-hydrogen) atoms. The van der Waals surface area contributed by atoms with Crippen LogP contribution in [0.25, 0.3) is 0 Å². The Morgan fingerprint density at radius 2 is 2.00 bits per heavy atom. The summed E-state index contributed by atoms with van der Waals surface area (Å²) in [4.78, 5) is 0. The van der Waals surface area contributed by atoms with E-state index in [1.54, 1.807) is 19.1 Å². The van der Waals surface area contributed by atoms with Crippen LogP contribution < -0.4 is 5.73 Å². The molecule has 0 aliphatic rings. The van der Waals surface area contributed by atoms with Crippen LogP contribution in [-0.2, 0) is 12.1 Å². The zero-order valence-corrected chi connectivity index (χ0v) is 8.07. The molecule has 1 atom stereocenters. The summed E-state index contributed by atoms with van der Waals surface area (Å²) in [5.74, 6) is -0.00407. The number of phenols is 1. The Hall–Kier alpha value is -1.10. The Bertz CT molecular complexity index is 323. The van der Waals surface area contributed by atoms with Gasteiger partial charge in [-0.15, -0.1) is 0 Å². The predicted octanol–water partition coefficient (Wildman–Crippen LogP) is 0.0507. The summed E-state index contributed by atoms with van der Waals surface area (Å²) in [7, 11) is 0. The maximum atomic E-state index is 9.59. The van der Waals surface area contributed by atoms with Crippen LogP contribution in [0.4, 0.5) is 0 Å². The quantitative estimate of drug-likeness (QED) is 0.551. The van der Waals surface area contributed by atoms with Crippen molar-refractivity contribution in [3.05, 3.63) is 29.3 Å². The van der Waals surface area contributed by atoms with E-state index in [0.29, 0.717) is 11.1 Å². The van der Waals surface area contributed by atoms with Gasteiger partial charge in [0.1, 0.15) is 5.75 Å². The summed E-state index contributed by atoms with van der Waals surface area (Å²) in [6.07, 6.45) is 0. The lowest BCUT2D eigenvalue weighted by molar-refractivity contribution is 0.202. The topological polar surface area (TPSA) is 86.7 Å². The molecule has 0 heterocycles. The molecule has 0 aliphatic heterocycles. The third-order valence-corrected chi connectivity index (χ3v) is 2.20. The fourth-order valence-electron chi connectivity index (χ4n) is 1.46. The number of phenolic OH excluding ortho intramolecular Hbond substituents is 1. The Morgan fingerprint density at radius 3 is 2.50 bits per heavy atom. The highest BCUT2D eigenvalue weighted by Crippen LogP contribution is 2.30. The highest BCUT2D eigenvalue weighted by molar-refractivity contribution is 5.43. The number of rotatable bonds is 3. The highest BCUT2D eigenvalue weighted by Gasteiger charge is 2.26. The van der Waals surface area contributed by atoms with Gasteiger partial charge in [-0.25, -0.2) is 0 Å². The zero-order valence-electron chi connectivity index (χ0n) is 8.07. The Kier molecular flexibility index (Phi) is 3.10. The van der Waals surface area contributed by atoms with E-state index in [4.69, 9.17) is 15.9 Å². The van der Waals surface area contributed by atoms with Crippen LogP contribution in [-0.4, -0.2) is 21.9 Å². The Morgan fingerprint density at radius 1 is 1.36 bits per heavy atom.